The highest BCUT2D eigenvalue weighted by Gasteiger charge is 2.22. The van der Waals surface area contributed by atoms with Gasteiger partial charge in [0, 0.05) is 22.7 Å². The highest BCUT2D eigenvalue weighted by atomic mass is 32.1. The number of carboxylic acids is 1. The molecule has 7 nitrogen and oxygen atoms in total. The van der Waals surface area contributed by atoms with Crippen LogP contribution in [0.15, 0.2) is 66.7 Å². The Hall–Kier alpha value is -3.75. The van der Waals surface area contributed by atoms with Crippen molar-refractivity contribution in [3.05, 3.63) is 77.2 Å². The highest BCUT2D eigenvalue weighted by molar-refractivity contribution is 7.19. The lowest BCUT2D eigenvalue weighted by Gasteiger charge is -2.15. The number of benzene rings is 3. The Morgan fingerprint density at radius 3 is 2.20 bits per heavy atom. The van der Waals surface area contributed by atoms with E-state index in [1.165, 1.54) is 11.3 Å². The van der Waals surface area contributed by atoms with Crippen molar-refractivity contribution in [3.63, 3.8) is 0 Å². The molecule has 0 saturated carbocycles. The van der Waals surface area contributed by atoms with E-state index in [-0.39, 0.29) is 0 Å². The Labute approximate surface area is 207 Å². The molecular formula is C27H27NO6S. The number of fused-ring (bicyclic) bond motifs is 1. The summed E-state index contributed by atoms with van der Waals surface area (Å²) in [5, 5.41) is 13.9. The summed E-state index contributed by atoms with van der Waals surface area (Å²) in [5.74, 6) is 2.31. The molecule has 0 spiro atoms. The fraction of sp³-hybridized carbons (Fsp3) is 0.222. The molecule has 35 heavy (non-hydrogen) atoms. The molecule has 182 valence electrons. The van der Waals surface area contributed by atoms with Gasteiger partial charge < -0.3 is 24.1 Å². The number of nitrogens with one attached hydrogen (secondary N) is 1. The summed E-state index contributed by atoms with van der Waals surface area (Å²) in [6.45, 7) is 0.319. The van der Waals surface area contributed by atoms with Crippen LogP contribution in [0.4, 0.5) is 0 Å². The molecule has 0 aliphatic carbocycles. The van der Waals surface area contributed by atoms with Crippen LogP contribution in [0.3, 0.4) is 0 Å². The number of ether oxygens (including phenoxy) is 4. The number of hydrogen-bond acceptors (Lipinski definition) is 7. The quantitative estimate of drug-likeness (QED) is 0.285. The average Bonchev–Trinajstić information content (AvgIpc) is 3.22. The third-order valence-corrected chi connectivity index (χ3v) is 6.72. The van der Waals surface area contributed by atoms with E-state index in [0.29, 0.717) is 36.0 Å². The van der Waals surface area contributed by atoms with Crippen LogP contribution in [0.2, 0.25) is 0 Å². The zero-order valence-corrected chi connectivity index (χ0v) is 20.6. The molecule has 0 aliphatic rings. The smallest absolute Gasteiger partial charge is 0.321 e. The van der Waals surface area contributed by atoms with Gasteiger partial charge in [0.1, 0.15) is 17.5 Å². The summed E-state index contributed by atoms with van der Waals surface area (Å²) in [6, 6.07) is 19.9. The van der Waals surface area contributed by atoms with Crippen LogP contribution in [-0.4, -0.2) is 38.4 Å². The maximum absolute atomic E-state index is 12.0. The lowest BCUT2D eigenvalue weighted by atomic mass is 10.1. The molecule has 8 heteroatoms. The van der Waals surface area contributed by atoms with Gasteiger partial charge in [-0.2, -0.15) is 0 Å². The van der Waals surface area contributed by atoms with Crippen molar-refractivity contribution in [2.24, 2.45) is 0 Å². The second-order valence-corrected chi connectivity index (χ2v) is 8.93. The Morgan fingerprint density at radius 2 is 1.57 bits per heavy atom. The summed E-state index contributed by atoms with van der Waals surface area (Å²) in [7, 11) is 4.79. The first-order chi connectivity index (χ1) is 17.0. The van der Waals surface area contributed by atoms with Crippen molar-refractivity contribution in [3.8, 4) is 28.7 Å². The van der Waals surface area contributed by atoms with Crippen molar-refractivity contribution in [2.75, 3.05) is 21.3 Å². The Morgan fingerprint density at radius 1 is 0.914 bits per heavy atom. The third-order valence-electron chi connectivity index (χ3n) is 5.59. The van der Waals surface area contributed by atoms with Gasteiger partial charge in [0.05, 0.1) is 26.2 Å². The first kappa shape index (κ1) is 24.4. The van der Waals surface area contributed by atoms with Gasteiger partial charge in [-0.05, 0) is 42.3 Å². The second-order valence-electron chi connectivity index (χ2n) is 7.80. The number of methoxy groups -OCH3 is 3. The van der Waals surface area contributed by atoms with E-state index in [2.05, 4.69) is 5.32 Å². The molecule has 4 rings (SSSR count). The van der Waals surface area contributed by atoms with Crippen LogP contribution in [0.1, 0.15) is 10.4 Å². The first-order valence-electron chi connectivity index (χ1n) is 11.0. The van der Waals surface area contributed by atoms with Gasteiger partial charge in [-0.25, -0.2) is 0 Å². The standard InChI is InChI=1S/C27H27NO6S/c1-31-18-9-11-19(12-10-18)34-26-20-14-22(32-2)23(33-3)15-24(20)35-25(26)16-28-21(27(29)30)13-17-7-5-4-6-8-17/h4-12,14-15,21,28H,13,16H2,1-3H3,(H,29,30)/t21-/m0/s1. The second kappa shape index (κ2) is 11.1. The zero-order valence-electron chi connectivity index (χ0n) is 19.7. The Kier molecular flexibility index (Phi) is 7.74. The molecule has 0 bridgehead atoms. The SMILES string of the molecule is COc1ccc(Oc2c(CN[C@@H](Cc3ccccc3)C(=O)O)sc3cc(OC)c(OC)cc23)cc1. The minimum absolute atomic E-state index is 0.319. The van der Waals surface area contributed by atoms with E-state index in [9.17, 15) is 9.90 Å². The van der Waals surface area contributed by atoms with E-state index in [4.69, 9.17) is 18.9 Å². The van der Waals surface area contributed by atoms with Crippen LogP contribution in [0, 0.1) is 0 Å². The molecule has 0 saturated heterocycles. The van der Waals surface area contributed by atoms with Crippen LogP contribution in [0.5, 0.6) is 28.7 Å². The molecule has 2 N–H and O–H groups in total. The summed E-state index contributed by atoms with van der Waals surface area (Å²) in [6.07, 6.45) is 0.372. The number of hydrogen-bond donors (Lipinski definition) is 2. The lowest BCUT2D eigenvalue weighted by molar-refractivity contribution is -0.139. The van der Waals surface area contributed by atoms with E-state index in [1.807, 2.05) is 66.7 Å². The first-order valence-corrected chi connectivity index (χ1v) is 11.8. The summed E-state index contributed by atoms with van der Waals surface area (Å²) < 4.78 is 23.5. The predicted octanol–water partition coefficient (Wildman–Crippen LogP) is 5.50. The molecule has 3 aromatic carbocycles. The monoisotopic (exact) mass is 493 g/mol. The number of carboxylic acid groups (broad SMARTS) is 1. The maximum Gasteiger partial charge on any atom is 0.321 e. The topological polar surface area (TPSA) is 86.3 Å². The number of thiophene rings is 1. The summed E-state index contributed by atoms with van der Waals surface area (Å²) in [5.41, 5.74) is 0.952. The Balaban J connectivity index is 1.67. The fourth-order valence-electron chi connectivity index (χ4n) is 3.75. The van der Waals surface area contributed by atoms with Gasteiger partial charge in [-0.1, -0.05) is 30.3 Å². The lowest BCUT2D eigenvalue weighted by Crippen LogP contribution is -2.37. The molecule has 1 heterocycles. The van der Waals surface area contributed by atoms with Gasteiger partial charge in [-0.3, -0.25) is 10.1 Å². The van der Waals surface area contributed by atoms with Crippen molar-refractivity contribution < 1.29 is 28.8 Å². The molecule has 1 atom stereocenters. The molecule has 0 amide bonds. The summed E-state index contributed by atoms with van der Waals surface area (Å²) in [4.78, 5) is 12.8. The van der Waals surface area contributed by atoms with E-state index >= 15 is 0 Å². The molecule has 0 radical (unpaired) electrons. The maximum atomic E-state index is 12.0. The van der Waals surface area contributed by atoms with Crippen LogP contribution in [0.25, 0.3) is 10.1 Å². The number of aliphatic carboxylic acids is 1. The third kappa shape index (κ3) is 5.67. The van der Waals surface area contributed by atoms with Gasteiger partial charge >= 0.3 is 5.97 Å². The molecule has 1 aromatic heterocycles. The average molecular weight is 494 g/mol. The molecule has 0 unspecified atom stereocenters. The van der Waals surface area contributed by atoms with Crippen molar-refractivity contribution in [1.29, 1.82) is 0 Å². The molecule has 0 aliphatic heterocycles. The van der Waals surface area contributed by atoms with Gasteiger partial charge in [0.2, 0.25) is 0 Å². The summed E-state index contributed by atoms with van der Waals surface area (Å²) >= 11 is 1.52. The number of rotatable bonds is 11. The minimum Gasteiger partial charge on any atom is -0.497 e. The van der Waals surface area contributed by atoms with E-state index in [0.717, 1.165) is 26.3 Å². The van der Waals surface area contributed by atoms with Gasteiger partial charge in [-0.15, -0.1) is 11.3 Å². The van der Waals surface area contributed by atoms with Crippen molar-refractivity contribution >= 4 is 27.4 Å². The fourth-order valence-corrected chi connectivity index (χ4v) is 4.85. The minimum atomic E-state index is -0.907. The normalized spacial score (nSPS) is 11.7. The van der Waals surface area contributed by atoms with Crippen molar-refractivity contribution in [1.82, 2.24) is 5.32 Å². The predicted molar refractivity (Wildman–Crippen MR) is 136 cm³/mol. The Bertz CT molecular complexity index is 1290. The van der Waals surface area contributed by atoms with Gasteiger partial charge in [0.25, 0.3) is 0 Å². The largest absolute Gasteiger partial charge is 0.497 e. The number of carbonyl (C=O) groups is 1. The van der Waals surface area contributed by atoms with Crippen molar-refractivity contribution in [2.45, 2.75) is 19.0 Å². The molecular weight excluding hydrogens is 466 g/mol. The molecule has 0 fully saturated rings. The highest BCUT2D eigenvalue weighted by Crippen LogP contribution is 2.45. The van der Waals surface area contributed by atoms with E-state index in [1.54, 1.807) is 21.3 Å². The van der Waals surface area contributed by atoms with Gasteiger partial charge in [0.15, 0.2) is 17.2 Å². The van der Waals surface area contributed by atoms with Crippen LogP contribution in [-0.2, 0) is 17.8 Å². The van der Waals surface area contributed by atoms with Crippen LogP contribution >= 0.6 is 11.3 Å². The molecule has 4 aromatic rings. The van der Waals surface area contributed by atoms with E-state index < -0.39 is 12.0 Å². The zero-order chi connectivity index (χ0) is 24.8. The van der Waals surface area contributed by atoms with Crippen LogP contribution < -0.4 is 24.3 Å².